The lowest BCUT2D eigenvalue weighted by molar-refractivity contribution is 0.112. The highest BCUT2D eigenvalue weighted by molar-refractivity contribution is 5.77. The van der Waals surface area contributed by atoms with Gasteiger partial charge in [-0.05, 0) is 18.6 Å². The first kappa shape index (κ1) is 9.59. The van der Waals surface area contributed by atoms with E-state index in [9.17, 15) is 4.79 Å². The number of aromatic nitrogens is 1. The third kappa shape index (κ3) is 2.10. The van der Waals surface area contributed by atoms with Crippen LogP contribution in [-0.4, -0.2) is 11.3 Å². The molecule has 2 rings (SSSR count). The number of aldehydes is 1. The fraction of sp³-hybridized carbons (Fsp3) is 0.0769. The predicted octanol–water partition coefficient (Wildman–Crippen LogP) is 2.87. The Hall–Kier alpha value is -1.96. The summed E-state index contributed by atoms with van der Waals surface area (Å²) in [4.78, 5) is 14.6. The Morgan fingerprint density at radius 3 is 2.47 bits per heavy atom. The van der Waals surface area contributed by atoms with Gasteiger partial charge < -0.3 is 0 Å². The van der Waals surface area contributed by atoms with Crippen LogP contribution in [0.25, 0.3) is 11.1 Å². The fourth-order valence-corrected chi connectivity index (χ4v) is 1.43. The van der Waals surface area contributed by atoms with Crippen molar-refractivity contribution in [2.45, 2.75) is 6.92 Å². The second-order valence-corrected chi connectivity index (χ2v) is 3.49. The van der Waals surface area contributed by atoms with E-state index in [0.29, 0.717) is 5.56 Å². The zero-order valence-electron chi connectivity index (χ0n) is 8.47. The maximum Gasteiger partial charge on any atom is 0.151 e. The number of pyridine rings is 1. The van der Waals surface area contributed by atoms with Crippen molar-refractivity contribution in [1.29, 1.82) is 0 Å². The highest BCUT2D eigenvalue weighted by Gasteiger charge is 1.98. The van der Waals surface area contributed by atoms with E-state index in [0.717, 1.165) is 17.4 Å². The molecule has 2 nitrogen and oxygen atoms in total. The molecule has 0 unspecified atom stereocenters. The van der Waals surface area contributed by atoms with Gasteiger partial charge in [0.15, 0.2) is 6.29 Å². The molecule has 2 heteroatoms. The van der Waals surface area contributed by atoms with Crippen LogP contribution >= 0.6 is 0 Å². The van der Waals surface area contributed by atoms with Crippen molar-refractivity contribution in [2.75, 3.05) is 0 Å². The van der Waals surface area contributed by atoms with Gasteiger partial charge in [0, 0.05) is 23.5 Å². The lowest BCUT2D eigenvalue weighted by Crippen LogP contribution is -1.85. The normalized spacial score (nSPS) is 9.93. The van der Waals surface area contributed by atoms with E-state index in [4.69, 9.17) is 0 Å². The molecule has 0 amide bonds. The summed E-state index contributed by atoms with van der Waals surface area (Å²) in [5.41, 5.74) is 3.88. The molecular formula is C13H11NO. The molecular weight excluding hydrogens is 186 g/mol. The summed E-state index contributed by atoms with van der Waals surface area (Å²) in [5, 5.41) is 0. The SMILES string of the molecule is Cc1ccc(-c2cncc(C=O)c2)cc1. The maximum absolute atomic E-state index is 10.6. The molecule has 0 aliphatic heterocycles. The third-order valence-electron chi connectivity index (χ3n) is 2.28. The van der Waals surface area contributed by atoms with Crippen LogP contribution < -0.4 is 0 Å². The standard InChI is InChI=1S/C13H11NO/c1-10-2-4-12(5-3-10)13-6-11(9-15)7-14-8-13/h2-9H,1H3. The molecule has 0 radical (unpaired) electrons. The molecule has 0 bridgehead atoms. The maximum atomic E-state index is 10.6. The lowest BCUT2D eigenvalue weighted by atomic mass is 10.1. The first-order valence-corrected chi connectivity index (χ1v) is 4.77. The average Bonchev–Trinajstić information content (AvgIpc) is 2.30. The number of carbonyl (C=O) groups is 1. The number of hydrogen-bond donors (Lipinski definition) is 0. The second-order valence-electron chi connectivity index (χ2n) is 3.49. The van der Waals surface area contributed by atoms with E-state index in [2.05, 4.69) is 4.98 Å². The van der Waals surface area contributed by atoms with Gasteiger partial charge >= 0.3 is 0 Å². The molecule has 0 fully saturated rings. The molecule has 74 valence electrons. The number of nitrogens with zero attached hydrogens (tertiary/aromatic N) is 1. The van der Waals surface area contributed by atoms with Crippen molar-refractivity contribution in [2.24, 2.45) is 0 Å². The fourth-order valence-electron chi connectivity index (χ4n) is 1.43. The summed E-state index contributed by atoms with van der Waals surface area (Å²) in [6.07, 6.45) is 4.13. The lowest BCUT2D eigenvalue weighted by Gasteiger charge is -2.01. The summed E-state index contributed by atoms with van der Waals surface area (Å²) in [5.74, 6) is 0. The van der Waals surface area contributed by atoms with Crippen molar-refractivity contribution in [1.82, 2.24) is 4.98 Å². The van der Waals surface area contributed by atoms with Crippen LogP contribution in [0.1, 0.15) is 15.9 Å². The zero-order valence-corrected chi connectivity index (χ0v) is 8.47. The monoisotopic (exact) mass is 197 g/mol. The van der Waals surface area contributed by atoms with Gasteiger partial charge in [0.25, 0.3) is 0 Å². The van der Waals surface area contributed by atoms with Crippen LogP contribution in [-0.2, 0) is 0 Å². The molecule has 0 saturated heterocycles. The minimum atomic E-state index is 0.605. The summed E-state index contributed by atoms with van der Waals surface area (Å²) >= 11 is 0. The Labute approximate surface area is 88.6 Å². The Balaban J connectivity index is 2.44. The Bertz CT molecular complexity index is 474. The molecule has 2 aromatic rings. The highest BCUT2D eigenvalue weighted by Crippen LogP contribution is 2.19. The largest absolute Gasteiger partial charge is 0.298 e. The van der Waals surface area contributed by atoms with Gasteiger partial charge in [-0.25, -0.2) is 0 Å². The van der Waals surface area contributed by atoms with Gasteiger partial charge in [0.2, 0.25) is 0 Å². The van der Waals surface area contributed by atoms with Crippen molar-refractivity contribution in [3.05, 3.63) is 53.9 Å². The van der Waals surface area contributed by atoms with Crippen LogP contribution in [0.15, 0.2) is 42.7 Å². The molecule has 1 aromatic heterocycles. The quantitative estimate of drug-likeness (QED) is 0.693. The number of aryl methyl sites for hydroxylation is 1. The highest BCUT2D eigenvalue weighted by atomic mass is 16.1. The van der Waals surface area contributed by atoms with Crippen LogP contribution in [0.3, 0.4) is 0 Å². The van der Waals surface area contributed by atoms with Gasteiger partial charge in [0.05, 0.1) is 0 Å². The van der Waals surface area contributed by atoms with Crippen molar-refractivity contribution in [3.8, 4) is 11.1 Å². The second kappa shape index (κ2) is 4.05. The Morgan fingerprint density at radius 1 is 1.07 bits per heavy atom. The van der Waals surface area contributed by atoms with Crippen molar-refractivity contribution < 1.29 is 4.79 Å². The molecule has 0 aliphatic carbocycles. The summed E-state index contributed by atoms with van der Waals surface area (Å²) in [6, 6.07) is 9.98. The zero-order chi connectivity index (χ0) is 10.7. The van der Waals surface area contributed by atoms with Crippen LogP contribution in [0.2, 0.25) is 0 Å². The molecule has 0 N–H and O–H groups in total. The van der Waals surface area contributed by atoms with E-state index in [-0.39, 0.29) is 0 Å². The number of benzene rings is 1. The predicted molar refractivity (Wildman–Crippen MR) is 59.8 cm³/mol. The molecule has 0 spiro atoms. The molecule has 0 aliphatic rings. The van der Waals surface area contributed by atoms with E-state index in [1.807, 2.05) is 37.3 Å². The molecule has 1 aromatic carbocycles. The number of rotatable bonds is 2. The van der Waals surface area contributed by atoms with Gasteiger partial charge in [-0.2, -0.15) is 0 Å². The van der Waals surface area contributed by atoms with E-state index in [1.165, 1.54) is 5.56 Å². The van der Waals surface area contributed by atoms with E-state index < -0.39 is 0 Å². The van der Waals surface area contributed by atoms with Gasteiger partial charge in [-0.15, -0.1) is 0 Å². The smallest absolute Gasteiger partial charge is 0.151 e. The van der Waals surface area contributed by atoms with Gasteiger partial charge in [-0.1, -0.05) is 29.8 Å². The molecule has 0 atom stereocenters. The number of carbonyl (C=O) groups excluding carboxylic acids is 1. The minimum Gasteiger partial charge on any atom is -0.298 e. The summed E-state index contributed by atoms with van der Waals surface area (Å²) in [6.45, 7) is 2.05. The minimum absolute atomic E-state index is 0.605. The summed E-state index contributed by atoms with van der Waals surface area (Å²) in [7, 11) is 0. The molecule has 15 heavy (non-hydrogen) atoms. The van der Waals surface area contributed by atoms with Crippen molar-refractivity contribution >= 4 is 6.29 Å². The third-order valence-corrected chi connectivity index (χ3v) is 2.28. The first-order chi connectivity index (χ1) is 7.29. The van der Waals surface area contributed by atoms with E-state index in [1.54, 1.807) is 12.4 Å². The summed E-state index contributed by atoms with van der Waals surface area (Å²) < 4.78 is 0. The average molecular weight is 197 g/mol. The van der Waals surface area contributed by atoms with Crippen LogP contribution in [0, 0.1) is 6.92 Å². The molecule has 0 saturated carbocycles. The first-order valence-electron chi connectivity index (χ1n) is 4.77. The van der Waals surface area contributed by atoms with E-state index >= 15 is 0 Å². The Morgan fingerprint density at radius 2 is 1.80 bits per heavy atom. The van der Waals surface area contributed by atoms with Gasteiger partial charge in [-0.3, -0.25) is 9.78 Å². The van der Waals surface area contributed by atoms with Gasteiger partial charge in [0.1, 0.15) is 0 Å². The molecule has 1 heterocycles. The topological polar surface area (TPSA) is 30.0 Å². The van der Waals surface area contributed by atoms with Crippen molar-refractivity contribution in [3.63, 3.8) is 0 Å². The van der Waals surface area contributed by atoms with Crippen LogP contribution in [0.4, 0.5) is 0 Å². The number of hydrogen-bond acceptors (Lipinski definition) is 2. The van der Waals surface area contributed by atoms with Crippen LogP contribution in [0.5, 0.6) is 0 Å². The Kier molecular flexibility index (Phi) is 2.59.